The van der Waals surface area contributed by atoms with Crippen LogP contribution < -0.4 is 4.90 Å². The molecular weight excluding hydrogens is 837 g/mol. The van der Waals surface area contributed by atoms with Gasteiger partial charge in [-0.3, -0.25) is 0 Å². The third-order valence-electron chi connectivity index (χ3n) is 14.1. The van der Waals surface area contributed by atoms with Gasteiger partial charge in [0.05, 0.1) is 22.4 Å². The summed E-state index contributed by atoms with van der Waals surface area (Å²) in [5.74, 6) is 0. The third kappa shape index (κ3) is 7.20. The van der Waals surface area contributed by atoms with Crippen molar-refractivity contribution in [1.82, 2.24) is 4.57 Å². The first-order valence-electron chi connectivity index (χ1n) is 24.2. The van der Waals surface area contributed by atoms with Gasteiger partial charge in [0.2, 0.25) is 0 Å². The summed E-state index contributed by atoms with van der Waals surface area (Å²) in [6, 6.07) is 80.1. The van der Waals surface area contributed by atoms with E-state index in [4.69, 9.17) is 4.42 Å². The maximum atomic E-state index is 6.56. The number of para-hydroxylation sites is 6. The molecule has 12 rings (SSSR count). The van der Waals surface area contributed by atoms with Crippen molar-refractivity contribution < 1.29 is 4.42 Å². The summed E-state index contributed by atoms with van der Waals surface area (Å²) in [5.41, 5.74) is 18.1. The van der Waals surface area contributed by atoms with Crippen LogP contribution >= 0.6 is 0 Å². The van der Waals surface area contributed by atoms with Gasteiger partial charge in [-0.15, -0.1) is 0 Å². The lowest BCUT2D eigenvalue weighted by atomic mass is 9.78. The number of anilines is 3. The Balaban J connectivity index is 1.12. The maximum Gasteiger partial charge on any atom is 0.143 e. The number of hydrogen-bond acceptors (Lipinski definition) is 2. The molecule has 0 spiro atoms. The Kier molecular flexibility index (Phi) is 9.97. The van der Waals surface area contributed by atoms with Crippen LogP contribution in [-0.4, -0.2) is 4.57 Å². The van der Waals surface area contributed by atoms with Crippen LogP contribution in [0.15, 0.2) is 223 Å². The number of nitrogens with zero attached hydrogens (tertiary/aromatic N) is 2. The fourth-order valence-corrected chi connectivity index (χ4v) is 10.6. The van der Waals surface area contributed by atoms with Gasteiger partial charge in [0.15, 0.2) is 0 Å². The largest absolute Gasteiger partial charge is 0.455 e. The monoisotopic (exact) mass is 890 g/mol. The van der Waals surface area contributed by atoms with Crippen LogP contribution in [0.25, 0.3) is 93.6 Å². The van der Waals surface area contributed by atoms with Crippen LogP contribution in [0.3, 0.4) is 0 Å². The molecule has 0 N–H and O–H groups in total. The lowest BCUT2D eigenvalue weighted by molar-refractivity contribution is 0.569. The van der Waals surface area contributed by atoms with E-state index < -0.39 is 0 Å². The van der Waals surface area contributed by atoms with Crippen molar-refractivity contribution >= 4 is 71.6 Å². The topological polar surface area (TPSA) is 21.3 Å². The Bertz CT molecular complexity index is 3870. The molecule has 0 radical (unpaired) electrons. The average Bonchev–Trinajstić information content (AvgIpc) is 3.93. The Morgan fingerprint density at radius 3 is 1.72 bits per heavy atom. The van der Waals surface area contributed by atoms with E-state index in [9.17, 15) is 0 Å². The smallest absolute Gasteiger partial charge is 0.143 e. The fourth-order valence-electron chi connectivity index (χ4n) is 10.6. The van der Waals surface area contributed by atoms with Crippen molar-refractivity contribution in [2.24, 2.45) is 0 Å². The molecule has 334 valence electrons. The van der Waals surface area contributed by atoms with E-state index in [1.807, 2.05) is 6.07 Å². The number of aromatic nitrogens is 1. The number of rotatable bonds is 7. The second kappa shape index (κ2) is 16.3. The van der Waals surface area contributed by atoms with Gasteiger partial charge >= 0.3 is 0 Å². The molecule has 2 aromatic heterocycles. The second-order valence-electron chi connectivity index (χ2n) is 20.5. The van der Waals surface area contributed by atoms with Gasteiger partial charge in [-0.1, -0.05) is 211 Å². The van der Waals surface area contributed by atoms with Crippen LogP contribution in [0.1, 0.15) is 52.7 Å². The molecule has 0 aliphatic heterocycles. The summed E-state index contributed by atoms with van der Waals surface area (Å²) in [7, 11) is 0. The van der Waals surface area contributed by atoms with Gasteiger partial charge < -0.3 is 13.9 Å². The van der Waals surface area contributed by atoms with E-state index in [0.717, 1.165) is 66.9 Å². The number of furan rings is 1. The maximum absolute atomic E-state index is 6.56. The highest BCUT2D eigenvalue weighted by Crippen LogP contribution is 2.49. The molecule has 0 aliphatic carbocycles. The number of fused-ring (bicyclic) bond motifs is 7. The Hall–Kier alpha value is -8.14. The van der Waals surface area contributed by atoms with Crippen molar-refractivity contribution in [3.8, 4) is 39.1 Å². The van der Waals surface area contributed by atoms with Crippen molar-refractivity contribution in [2.75, 3.05) is 4.90 Å². The summed E-state index contributed by atoms with van der Waals surface area (Å²) in [6.45, 7) is 13.9. The summed E-state index contributed by atoms with van der Waals surface area (Å²) in [6.07, 6.45) is 0. The summed E-state index contributed by atoms with van der Waals surface area (Å²) < 4.78 is 9.00. The molecular formula is C66H54N2O. The van der Waals surface area contributed by atoms with Gasteiger partial charge in [0.1, 0.15) is 11.2 Å². The average molecular weight is 891 g/mol. The van der Waals surface area contributed by atoms with E-state index in [2.05, 4.69) is 263 Å². The highest BCUT2D eigenvalue weighted by molar-refractivity contribution is 6.16. The van der Waals surface area contributed by atoms with E-state index in [1.54, 1.807) is 0 Å². The minimum atomic E-state index is -0.0200. The van der Waals surface area contributed by atoms with Gasteiger partial charge in [0, 0.05) is 44.0 Å². The normalized spacial score (nSPS) is 12.2. The first-order chi connectivity index (χ1) is 33.5. The molecule has 69 heavy (non-hydrogen) atoms. The van der Waals surface area contributed by atoms with Crippen molar-refractivity contribution in [1.29, 1.82) is 0 Å². The van der Waals surface area contributed by atoms with Crippen molar-refractivity contribution in [3.63, 3.8) is 0 Å². The van der Waals surface area contributed by atoms with E-state index >= 15 is 0 Å². The minimum absolute atomic E-state index is 0.0200. The van der Waals surface area contributed by atoms with Gasteiger partial charge in [-0.2, -0.15) is 0 Å². The van der Waals surface area contributed by atoms with Crippen LogP contribution in [-0.2, 0) is 10.8 Å². The zero-order valence-corrected chi connectivity index (χ0v) is 40.1. The molecule has 0 saturated heterocycles. The molecule has 3 nitrogen and oxygen atoms in total. The molecule has 0 amide bonds. The van der Waals surface area contributed by atoms with Crippen LogP contribution in [0.5, 0.6) is 0 Å². The molecule has 0 atom stereocenters. The van der Waals surface area contributed by atoms with Crippen molar-refractivity contribution in [2.45, 2.75) is 52.4 Å². The molecule has 0 unspecified atom stereocenters. The predicted octanol–water partition coefficient (Wildman–Crippen LogP) is 18.9. The third-order valence-corrected chi connectivity index (χ3v) is 14.1. The summed E-state index contributed by atoms with van der Waals surface area (Å²) in [5, 5.41) is 7.11. The first kappa shape index (κ1) is 42.2. The van der Waals surface area contributed by atoms with E-state index in [0.29, 0.717) is 0 Å². The molecule has 0 aliphatic rings. The molecule has 3 heteroatoms. The van der Waals surface area contributed by atoms with E-state index in [1.165, 1.54) is 54.9 Å². The quantitative estimate of drug-likeness (QED) is 0.159. The molecule has 2 heterocycles. The molecule has 0 fully saturated rings. The van der Waals surface area contributed by atoms with Gasteiger partial charge in [-0.05, 0) is 104 Å². The molecule has 0 bridgehead atoms. The summed E-state index contributed by atoms with van der Waals surface area (Å²) in [4.78, 5) is 2.49. The Morgan fingerprint density at radius 1 is 0.406 bits per heavy atom. The standard InChI is InChI=1S/C66H54N2O/c1-65(2,3)46-40-45(41-47(42-46)66(4,5)6)50-27-16-20-44-21-17-29-55(62(44)50)52-24-10-13-32-58(52)67(49-38-36-43(37-39-49)51-28-18-31-57-54-26-12-15-35-61(54)69-64(51)57)60-34-19-30-56-53-25-11-14-33-59(53)68(63(56)60)48-22-8-7-9-23-48/h7-42H,1-6H3. The zero-order valence-electron chi connectivity index (χ0n) is 40.1. The van der Waals surface area contributed by atoms with Crippen LogP contribution in [0.2, 0.25) is 0 Å². The lowest BCUT2D eigenvalue weighted by Crippen LogP contribution is -2.16. The Morgan fingerprint density at radius 2 is 0.971 bits per heavy atom. The molecule has 10 aromatic carbocycles. The predicted molar refractivity (Wildman–Crippen MR) is 294 cm³/mol. The summed E-state index contributed by atoms with van der Waals surface area (Å²) >= 11 is 0. The molecule has 12 aromatic rings. The zero-order chi connectivity index (χ0) is 47.0. The van der Waals surface area contributed by atoms with Crippen molar-refractivity contribution in [3.05, 3.63) is 230 Å². The highest BCUT2D eigenvalue weighted by Gasteiger charge is 2.26. The fraction of sp³-hybridized carbons (Fsp3) is 0.121. The van der Waals surface area contributed by atoms with E-state index in [-0.39, 0.29) is 10.8 Å². The highest BCUT2D eigenvalue weighted by atomic mass is 16.3. The minimum Gasteiger partial charge on any atom is -0.455 e. The number of hydrogen-bond donors (Lipinski definition) is 0. The van der Waals surface area contributed by atoms with Crippen LogP contribution in [0, 0.1) is 0 Å². The number of benzene rings is 10. The molecule has 0 saturated carbocycles. The van der Waals surface area contributed by atoms with Crippen LogP contribution in [0.4, 0.5) is 17.1 Å². The van der Waals surface area contributed by atoms with Gasteiger partial charge in [0.25, 0.3) is 0 Å². The Labute approximate surface area is 404 Å². The van der Waals surface area contributed by atoms with Gasteiger partial charge in [-0.25, -0.2) is 0 Å². The second-order valence-corrected chi connectivity index (χ2v) is 20.5. The SMILES string of the molecule is CC(C)(C)c1cc(-c2cccc3cccc(-c4ccccc4N(c4ccc(-c5cccc6c5oc5ccccc56)cc4)c4cccc5c6ccccc6n(-c6ccccc6)c45)c23)cc(C(C)(C)C)c1. The first-order valence-corrected chi connectivity index (χ1v) is 24.2. The lowest BCUT2D eigenvalue weighted by Gasteiger charge is -2.30.